The molecule has 2 aromatic rings. The van der Waals surface area contributed by atoms with E-state index in [9.17, 15) is 5.11 Å². The molecule has 1 aliphatic rings. The Morgan fingerprint density at radius 1 is 1.44 bits per heavy atom. The van der Waals surface area contributed by atoms with Crippen LogP contribution in [0.25, 0.3) is 5.70 Å². The van der Waals surface area contributed by atoms with Crippen LogP contribution in [-0.4, -0.2) is 33.9 Å². The highest BCUT2D eigenvalue weighted by Crippen LogP contribution is 2.40. The molecule has 0 unspecified atom stereocenters. The fraction of sp³-hybridized carbons (Fsp3) is 0.368. The lowest BCUT2D eigenvalue weighted by Gasteiger charge is -2.45. The van der Waals surface area contributed by atoms with Gasteiger partial charge in [0.25, 0.3) is 0 Å². The Morgan fingerprint density at radius 2 is 2.20 bits per heavy atom. The highest BCUT2D eigenvalue weighted by Gasteiger charge is 2.39. The van der Waals surface area contributed by atoms with Crippen LogP contribution in [0.5, 0.6) is 0 Å². The first-order chi connectivity index (χ1) is 11.8. The molecule has 1 heterocycles. The summed E-state index contributed by atoms with van der Waals surface area (Å²) in [5.41, 5.74) is 2.08. The van der Waals surface area contributed by atoms with Crippen molar-refractivity contribution in [2.75, 3.05) is 11.9 Å². The fourth-order valence-corrected chi connectivity index (χ4v) is 3.72. The van der Waals surface area contributed by atoms with Gasteiger partial charge >= 0.3 is 0 Å². The van der Waals surface area contributed by atoms with Crippen LogP contribution < -0.4 is 4.90 Å². The second kappa shape index (κ2) is 6.55. The number of hydrogen-bond donors (Lipinski definition) is 1. The predicted octanol–water partition coefficient (Wildman–Crippen LogP) is 3.54. The van der Waals surface area contributed by atoms with Crippen LogP contribution in [0.15, 0.2) is 43.0 Å². The zero-order valence-electron chi connectivity index (χ0n) is 14.5. The van der Waals surface area contributed by atoms with Gasteiger partial charge in [-0.1, -0.05) is 25.4 Å². The zero-order valence-corrected chi connectivity index (χ0v) is 15.3. The average molecular weight is 357 g/mol. The van der Waals surface area contributed by atoms with Crippen LogP contribution in [-0.2, 0) is 0 Å². The van der Waals surface area contributed by atoms with Gasteiger partial charge in [-0.05, 0) is 36.1 Å². The summed E-state index contributed by atoms with van der Waals surface area (Å²) >= 11 is 6.20. The van der Waals surface area contributed by atoms with Gasteiger partial charge in [-0.2, -0.15) is 5.26 Å². The van der Waals surface area contributed by atoms with Gasteiger partial charge in [0.1, 0.15) is 6.07 Å². The minimum absolute atomic E-state index is 0.0531. The lowest BCUT2D eigenvalue weighted by molar-refractivity contribution is 0.134. The van der Waals surface area contributed by atoms with Crippen molar-refractivity contribution in [1.82, 2.24) is 9.55 Å². The highest BCUT2D eigenvalue weighted by molar-refractivity contribution is 6.32. The minimum atomic E-state index is -0.543. The van der Waals surface area contributed by atoms with Crippen LogP contribution >= 0.6 is 11.6 Å². The molecule has 0 bridgehead atoms. The minimum Gasteiger partial charge on any atom is -0.387 e. The molecule has 0 aliphatic heterocycles. The molecule has 130 valence electrons. The monoisotopic (exact) mass is 356 g/mol. The normalized spacial score (nSPS) is 22.2. The molecule has 6 heteroatoms. The van der Waals surface area contributed by atoms with Gasteiger partial charge in [-0.25, -0.2) is 4.98 Å². The van der Waals surface area contributed by atoms with Crippen LogP contribution in [0.2, 0.25) is 5.02 Å². The number of anilines is 1. The smallest absolute Gasteiger partial charge is 0.101 e. The summed E-state index contributed by atoms with van der Waals surface area (Å²) in [7, 11) is 2.00. The Bertz CT molecular complexity index is 836. The molecule has 0 saturated carbocycles. The maximum Gasteiger partial charge on any atom is 0.101 e. The number of aliphatic hydroxyl groups is 1. The van der Waals surface area contributed by atoms with Crippen LogP contribution in [0.3, 0.4) is 0 Å². The molecule has 1 aromatic heterocycles. The standard InChI is InChI=1S/C19H21ClN4O/c1-19(2)10-17(25)16(24-7-6-22-12-24)9-18(19)23(3)14-5-4-13(11-21)15(20)8-14/h4-9,12,17-18,25H,10H2,1-3H3/t17-,18-/m0/s1. The Hall–Kier alpha value is -2.29. The van der Waals surface area contributed by atoms with Gasteiger partial charge in [0.2, 0.25) is 0 Å². The third kappa shape index (κ3) is 3.28. The molecule has 0 spiro atoms. The Balaban J connectivity index is 2.00. The summed E-state index contributed by atoms with van der Waals surface area (Å²) in [6.07, 6.45) is 7.41. The zero-order chi connectivity index (χ0) is 18.2. The van der Waals surface area contributed by atoms with E-state index in [1.165, 1.54) is 0 Å². The third-order valence-corrected chi connectivity index (χ3v) is 5.20. The first-order valence-corrected chi connectivity index (χ1v) is 8.52. The molecule has 0 amide bonds. The molecule has 3 rings (SSSR count). The summed E-state index contributed by atoms with van der Waals surface area (Å²) < 4.78 is 1.85. The van der Waals surface area contributed by atoms with Crippen LogP contribution in [0.1, 0.15) is 25.8 Å². The third-order valence-electron chi connectivity index (χ3n) is 4.89. The largest absolute Gasteiger partial charge is 0.387 e. The molecule has 25 heavy (non-hydrogen) atoms. The van der Waals surface area contributed by atoms with E-state index in [1.54, 1.807) is 18.6 Å². The maximum absolute atomic E-state index is 10.6. The number of aliphatic hydroxyl groups excluding tert-OH is 1. The molecule has 1 N–H and O–H groups in total. The van der Waals surface area contributed by atoms with Crippen LogP contribution in [0, 0.1) is 16.7 Å². The number of imidazole rings is 1. The average Bonchev–Trinajstić information content (AvgIpc) is 3.07. The van der Waals surface area contributed by atoms with Gasteiger partial charge in [-0.3, -0.25) is 0 Å². The lowest BCUT2D eigenvalue weighted by Crippen LogP contribution is -2.47. The number of benzene rings is 1. The van der Waals surface area contributed by atoms with Crippen molar-refractivity contribution in [1.29, 1.82) is 5.26 Å². The summed E-state index contributed by atoms with van der Waals surface area (Å²) in [5.74, 6) is 0. The number of rotatable bonds is 3. The van der Waals surface area contributed by atoms with Crippen molar-refractivity contribution in [3.63, 3.8) is 0 Å². The fourth-order valence-electron chi connectivity index (χ4n) is 3.50. The van der Waals surface area contributed by atoms with E-state index in [0.29, 0.717) is 17.0 Å². The van der Waals surface area contributed by atoms with Crippen molar-refractivity contribution in [3.8, 4) is 6.07 Å². The van der Waals surface area contributed by atoms with Gasteiger partial charge in [0.05, 0.1) is 34.8 Å². The van der Waals surface area contributed by atoms with Crippen molar-refractivity contribution >= 4 is 23.0 Å². The van der Waals surface area contributed by atoms with E-state index in [0.717, 1.165) is 11.4 Å². The van der Waals surface area contributed by atoms with Crippen molar-refractivity contribution in [2.24, 2.45) is 5.41 Å². The molecule has 5 nitrogen and oxygen atoms in total. The Labute approximate surface area is 152 Å². The summed E-state index contributed by atoms with van der Waals surface area (Å²) in [5, 5.41) is 20.1. The van der Waals surface area contributed by atoms with E-state index in [2.05, 4.69) is 35.9 Å². The van der Waals surface area contributed by atoms with Gasteiger partial charge < -0.3 is 14.6 Å². The summed E-state index contributed by atoms with van der Waals surface area (Å²) in [6.45, 7) is 4.29. The second-order valence-electron chi connectivity index (χ2n) is 7.10. The van der Waals surface area contributed by atoms with Crippen molar-refractivity contribution in [3.05, 3.63) is 53.6 Å². The van der Waals surface area contributed by atoms with Gasteiger partial charge in [0.15, 0.2) is 0 Å². The first-order valence-electron chi connectivity index (χ1n) is 8.14. The van der Waals surface area contributed by atoms with Crippen molar-refractivity contribution < 1.29 is 5.11 Å². The van der Waals surface area contributed by atoms with E-state index in [1.807, 2.05) is 29.9 Å². The summed E-state index contributed by atoms with van der Waals surface area (Å²) in [6, 6.07) is 7.58. The molecular formula is C19H21ClN4O. The Morgan fingerprint density at radius 3 is 2.80 bits per heavy atom. The maximum atomic E-state index is 10.6. The molecule has 2 atom stereocenters. The number of likely N-dealkylation sites (N-methyl/N-ethyl adjacent to an activating group) is 1. The second-order valence-corrected chi connectivity index (χ2v) is 7.51. The van der Waals surface area contributed by atoms with E-state index >= 15 is 0 Å². The van der Waals surface area contributed by atoms with E-state index in [4.69, 9.17) is 16.9 Å². The van der Waals surface area contributed by atoms with Crippen molar-refractivity contribution in [2.45, 2.75) is 32.4 Å². The molecule has 0 radical (unpaired) electrons. The SMILES string of the molecule is CN(c1ccc(C#N)c(Cl)c1)[C@H]1C=C(n2ccnc2)[C@@H](O)CC1(C)C. The number of hydrogen-bond acceptors (Lipinski definition) is 4. The molecular weight excluding hydrogens is 336 g/mol. The van der Waals surface area contributed by atoms with E-state index < -0.39 is 6.10 Å². The topological polar surface area (TPSA) is 65.1 Å². The number of nitriles is 1. The molecule has 1 aromatic carbocycles. The van der Waals surface area contributed by atoms with Gasteiger partial charge in [0, 0.05) is 25.1 Å². The predicted molar refractivity (Wildman–Crippen MR) is 99.3 cm³/mol. The molecule has 0 saturated heterocycles. The van der Waals surface area contributed by atoms with E-state index in [-0.39, 0.29) is 11.5 Å². The first kappa shape index (κ1) is 17.5. The lowest BCUT2D eigenvalue weighted by atomic mass is 9.73. The number of halogens is 1. The Kier molecular flexibility index (Phi) is 4.59. The molecule has 0 fully saturated rings. The van der Waals surface area contributed by atoms with Crippen LogP contribution in [0.4, 0.5) is 5.69 Å². The number of aromatic nitrogens is 2. The quantitative estimate of drug-likeness (QED) is 0.913. The number of nitrogens with zero attached hydrogens (tertiary/aromatic N) is 4. The van der Waals surface area contributed by atoms with Gasteiger partial charge in [-0.15, -0.1) is 0 Å². The molecule has 1 aliphatic carbocycles. The highest BCUT2D eigenvalue weighted by atomic mass is 35.5. The summed E-state index contributed by atoms with van der Waals surface area (Å²) in [4.78, 5) is 6.21.